The molecule has 3 atom stereocenters. The first-order valence-electron chi connectivity index (χ1n) is 12.0. The topological polar surface area (TPSA) is 233 Å². The first kappa shape index (κ1) is 31.6. The van der Waals surface area contributed by atoms with Gasteiger partial charge in [-0.05, 0) is 58.2 Å². The van der Waals surface area contributed by atoms with Crippen LogP contribution >= 0.6 is 0 Å². The van der Waals surface area contributed by atoms with Crippen molar-refractivity contribution in [2.24, 2.45) is 28.7 Å². The van der Waals surface area contributed by atoms with Crippen molar-refractivity contribution in [2.75, 3.05) is 39.5 Å². The van der Waals surface area contributed by atoms with Gasteiger partial charge in [-0.2, -0.15) is 0 Å². The van der Waals surface area contributed by atoms with Crippen LogP contribution in [-0.4, -0.2) is 75.9 Å². The van der Waals surface area contributed by atoms with Crippen LogP contribution in [0.3, 0.4) is 0 Å². The van der Waals surface area contributed by atoms with E-state index in [1.54, 1.807) is 0 Å². The highest BCUT2D eigenvalue weighted by molar-refractivity contribution is 5.69. The lowest BCUT2D eigenvalue weighted by atomic mass is 10.1. The molecule has 0 bridgehead atoms. The van der Waals surface area contributed by atoms with Gasteiger partial charge >= 0.3 is 18.3 Å². The summed E-state index contributed by atoms with van der Waals surface area (Å²) in [6.45, 7) is 1.56. The van der Waals surface area contributed by atoms with Crippen molar-refractivity contribution in [1.82, 2.24) is 10.6 Å². The van der Waals surface area contributed by atoms with Crippen molar-refractivity contribution in [1.29, 1.82) is 0 Å². The fourth-order valence-electron chi connectivity index (χ4n) is 3.06. The Bertz CT molecular complexity index is 556. The van der Waals surface area contributed by atoms with Gasteiger partial charge in [-0.1, -0.05) is 19.3 Å². The van der Waals surface area contributed by atoms with Crippen LogP contribution < -0.4 is 39.3 Å². The van der Waals surface area contributed by atoms with Gasteiger partial charge in [-0.25, -0.2) is 14.4 Å². The Morgan fingerprint density at radius 1 is 0.618 bits per heavy atom. The highest BCUT2D eigenvalue weighted by Crippen LogP contribution is 2.05. The molecule has 13 nitrogen and oxygen atoms in total. The number of carbonyl (C=O) groups is 3. The second-order valence-corrected chi connectivity index (χ2v) is 8.12. The smallest absolute Gasteiger partial charge is 0.407 e. The normalized spacial score (nSPS) is 13.4. The van der Waals surface area contributed by atoms with Crippen LogP contribution in [0.25, 0.3) is 0 Å². The SMILES string of the molecule is NCCCCC(N)COC(=O)N[C@@H](CCCCN)COC(=O)NC(CCCCN)COC(N)=O. The molecule has 0 aliphatic rings. The van der Waals surface area contributed by atoms with Crippen LogP contribution in [0, 0.1) is 0 Å². The zero-order chi connectivity index (χ0) is 25.6. The van der Waals surface area contributed by atoms with Gasteiger partial charge in [0.1, 0.15) is 19.8 Å². The van der Waals surface area contributed by atoms with Gasteiger partial charge in [0.25, 0.3) is 0 Å². The van der Waals surface area contributed by atoms with Crippen molar-refractivity contribution >= 4 is 18.3 Å². The minimum absolute atomic E-state index is 0.0692. The molecule has 13 heteroatoms. The summed E-state index contributed by atoms with van der Waals surface area (Å²) in [5.41, 5.74) is 27.4. The Morgan fingerprint density at radius 2 is 1.03 bits per heavy atom. The van der Waals surface area contributed by atoms with E-state index in [0.717, 1.165) is 38.5 Å². The first-order valence-corrected chi connectivity index (χ1v) is 12.0. The average molecular weight is 492 g/mol. The van der Waals surface area contributed by atoms with E-state index < -0.39 is 30.4 Å². The van der Waals surface area contributed by atoms with E-state index in [1.165, 1.54) is 0 Å². The van der Waals surface area contributed by atoms with Crippen LogP contribution in [0.2, 0.25) is 0 Å². The number of unbranched alkanes of at least 4 members (excludes halogenated alkanes) is 3. The lowest BCUT2D eigenvalue weighted by Crippen LogP contribution is -2.44. The lowest BCUT2D eigenvalue weighted by molar-refractivity contribution is 0.104. The molecule has 3 amide bonds. The molecule has 0 aromatic carbocycles. The molecule has 2 unspecified atom stereocenters. The Kier molecular flexibility index (Phi) is 19.7. The minimum Gasteiger partial charge on any atom is -0.448 e. The van der Waals surface area contributed by atoms with E-state index in [4.69, 9.17) is 42.9 Å². The highest BCUT2D eigenvalue weighted by atomic mass is 16.6. The molecule has 0 rings (SSSR count). The number of alkyl carbamates (subject to hydrolysis) is 2. The first-order chi connectivity index (χ1) is 16.3. The molecule has 0 fully saturated rings. The Balaban J connectivity index is 4.61. The second-order valence-electron chi connectivity index (χ2n) is 8.12. The fraction of sp³-hybridized carbons (Fsp3) is 0.857. The molecule has 0 aromatic rings. The number of nitrogens with two attached hydrogens (primary N) is 5. The molecule has 0 aromatic heterocycles. The van der Waals surface area contributed by atoms with Crippen LogP contribution in [0.5, 0.6) is 0 Å². The molecule has 0 aliphatic heterocycles. The summed E-state index contributed by atoms with van der Waals surface area (Å²) in [4.78, 5) is 35.3. The quantitative estimate of drug-likeness (QED) is 0.0888. The van der Waals surface area contributed by atoms with Gasteiger partial charge in [0.2, 0.25) is 0 Å². The predicted molar refractivity (Wildman–Crippen MR) is 129 cm³/mol. The van der Waals surface area contributed by atoms with E-state index >= 15 is 0 Å². The Labute approximate surface area is 202 Å². The van der Waals surface area contributed by atoms with Crippen LogP contribution in [0.1, 0.15) is 57.8 Å². The fourth-order valence-corrected chi connectivity index (χ4v) is 3.06. The van der Waals surface area contributed by atoms with E-state index in [1.807, 2.05) is 0 Å². The lowest BCUT2D eigenvalue weighted by Gasteiger charge is -2.21. The molecule has 0 aliphatic carbocycles. The maximum absolute atomic E-state index is 12.3. The molecular weight excluding hydrogens is 446 g/mol. The molecule has 0 spiro atoms. The third-order valence-electron chi connectivity index (χ3n) is 4.96. The van der Waals surface area contributed by atoms with E-state index in [9.17, 15) is 14.4 Å². The van der Waals surface area contributed by atoms with Gasteiger partial charge in [0, 0.05) is 6.04 Å². The summed E-state index contributed by atoms with van der Waals surface area (Å²) >= 11 is 0. The highest BCUT2D eigenvalue weighted by Gasteiger charge is 2.19. The number of hydrogen-bond acceptors (Lipinski definition) is 10. The van der Waals surface area contributed by atoms with Gasteiger partial charge < -0.3 is 53.5 Å². The van der Waals surface area contributed by atoms with Crippen LogP contribution in [0.15, 0.2) is 0 Å². The summed E-state index contributed by atoms with van der Waals surface area (Å²) in [6, 6.07) is -1.20. The van der Waals surface area contributed by atoms with Gasteiger partial charge in [-0.15, -0.1) is 0 Å². The summed E-state index contributed by atoms with van der Waals surface area (Å²) in [7, 11) is 0. The van der Waals surface area contributed by atoms with Gasteiger partial charge in [0.15, 0.2) is 0 Å². The molecule has 12 N–H and O–H groups in total. The largest absolute Gasteiger partial charge is 0.448 e. The minimum atomic E-state index is -0.930. The van der Waals surface area contributed by atoms with Gasteiger partial charge in [0.05, 0.1) is 12.1 Å². The number of carbonyl (C=O) groups excluding carboxylic acids is 3. The number of rotatable bonds is 20. The molecular formula is C21H45N7O6. The standard InChI is InChI=1S/C21H45N7O6/c22-10-4-1-7-16(25)13-33-20(30)28-18(9-3-6-12-24)15-34-21(31)27-17(8-2-5-11-23)14-32-19(26)29/h16-18H,1-15,22-25H2,(H2,26,29)(H,27,31)(H,28,30)/t16?,17?,18-/m0/s1. The third kappa shape index (κ3) is 19.1. The molecule has 0 heterocycles. The number of nitrogens with one attached hydrogen (secondary N) is 2. The van der Waals surface area contributed by atoms with E-state index in [0.29, 0.717) is 38.9 Å². The third-order valence-corrected chi connectivity index (χ3v) is 4.96. The number of hydrogen-bond donors (Lipinski definition) is 7. The summed E-state index contributed by atoms with van der Waals surface area (Å²) in [6.07, 6.45) is 4.25. The predicted octanol–water partition coefficient (Wildman–Crippen LogP) is -0.0144. The summed E-state index contributed by atoms with van der Waals surface area (Å²) in [5.74, 6) is 0. The van der Waals surface area contributed by atoms with Crippen LogP contribution in [0.4, 0.5) is 14.4 Å². The monoisotopic (exact) mass is 491 g/mol. The molecule has 34 heavy (non-hydrogen) atoms. The van der Waals surface area contributed by atoms with Gasteiger partial charge in [-0.3, -0.25) is 0 Å². The summed E-state index contributed by atoms with van der Waals surface area (Å²) in [5, 5.41) is 5.35. The van der Waals surface area contributed by atoms with Crippen LogP contribution in [-0.2, 0) is 14.2 Å². The Hall–Kier alpha value is -2.35. The summed E-state index contributed by atoms with van der Waals surface area (Å²) < 4.78 is 15.3. The molecule has 0 saturated carbocycles. The van der Waals surface area contributed by atoms with E-state index in [-0.39, 0.29) is 25.9 Å². The maximum atomic E-state index is 12.3. The van der Waals surface area contributed by atoms with Crippen molar-refractivity contribution in [3.05, 3.63) is 0 Å². The van der Waals surface area contributed by atoms with Crippen molar-refractivity contribution < 1.29 is 28.6 Å². The molecule has 0 saturated heterocycles. The van der Waals surface area contributed by atoms with Crippen molar-refractivity contribution in [3.8, 4) is 0 Å². The average Bonchev–Trinajstić information content (AvgIpc) is 2.79. The number of amides is 3. The molecule has 0 radical (unpaired) electrons. The van der Waals surface area contributed by atoms with E-state index in [2.05, 4.69) is 10.6 Å². The zero-order valence-corrected chi connectivity index (χ0v) is 20.2. The number of ether oxygens (including phenoxy) is 3. The maximum Gasteiger partial charge on any atom is 0.407 e. The molecule has 200 valence electrons. The number of primary amides is 1. The second kappa shape index (κ2) is 21.2. The Morgan fingerprint density at radius 3 is 1.47 bits per heavy atom. The van der Waals surface area contributed by atoms with Crippen molar-refractivity contribution in [2.45, 2.75) is 75.9 Å². The van der Waals surface area contributed by atoms with Crippen molar-refractivity contribution in [3.63, 3.8) is 0 Å². The zero-order valence-electron chi connectivity index (χ0n) is 20.2.